The summed E-state index contributed by atoms with van der Waals surface area (Å²) in [4.78, 5) is 24.5. The second kappa shape index (κ2) is 8.59. The largest absolute Gasteiger partial charge is 0.449 e. The van der Waals surface area contributed by atoms with Gasteiger partial charge in [-0.1, -0.05) is 17.7 Å². The Morgan fingerprint density at radius 2 is 1.86 bits per heavy atom. The second-order valence-corrected chi connectivity index (χ2v) is 8.65. The van der Waals surface area contributed by atoms with Crippen LogP contribution in [0.1, 0.15) is 17.3 Å². The number of halogens is 1. The number of nitrogens with zero attached hydrogens (tertiary/aromatic N) is 1. The Hall–Kier alpha value is -2.62. The molecule has 3 N–H and O–H groups in total. The number of nitrogens with one attached hydrogen (secondary N) is 1. The van der Waals surface area contributed by atoms with Crippen molar-refractivity contribution in [2.45, 2.75) is 17.9 Å². The summed E-state index contributed by atoms with van der Waals surface area (Å²) in [5.74, 6) is -1.36. The molecule has 28 heavy (non-hydrogen) atoms. The predicted molar refractivity (Wildman–Crippen MR) is 107 cm³/mol. The summed E-state index contributed by atoms with van der Waals surface area (Å²) in [6.07, 6.45) is -1.13. The SMILES string of the molecule is C[C@H](OC(=O)c1ccc(Cl)c(N)c1)C(=O)Nc1cccc(S(=O)(=O)N(C)C)c1. The van der Waals surface area contributed by atoms with Crippen LogP contribution in [0, 0.1) is 0 Å². The lowest BCUT2D eigenvalue weighted by Gasteiger charge is -2.15. The Labute approximate surface area is 168 Å². The molecule has 0 saturated carbocycles. The molecule has 2 aromatic carbocycles. The molecule has 0 fully saturated rings. The lowest BCUT2D eigenvalue weighted by molar-refractivity contribution is -0.123. The summed E-state index contributed by atoms with van der Waals surface area (Å²) < 4.78 is 30.6. The summed E-state index contributed by atoms with van der Waals surface area (Å²) in [6.45, 7) is 1.40. The summed E-state index contributed by atoms with van der Waals surface area (Å²) in [7, 11) is -0.827. The van der Waals surface area contributed by atoms with E-state index in [0.717, 1.165) is 4.31 Å². The van der Waals surface area contributed by atoms with Gasteiger partial charge in [-0.15, -0.1) is 0 Å². The van der Waals surface area contributed by atoms with Crippen LogP contribution in [-0.2, 0) is 19.6 Å². The molecule has 1 amide bonds. The number of benzene rings is 2. The Bertz CT molecular complexity index is 1010. The number of anilines is 2. The first-order valence-electron chi connectivity index (χ1n) is 8.12. The van der Waals surface area contributed by atoms with Crippen LogP contribution in [0.3, 0.4) is 0 Å². The molecule has 0 spiro atoms. The third-order valence-electron chi connectivity index (χ3n) is 3.76. The molecule has 0 aliphatic heterocycles. The van der Waals surface area contributed by atoms with E-state index in [4.69, 9.17) is 22.1 Å². The molecule has 0 saturated heterocycles. The highest BCUT2D eigenvalue weighted by Gasteiger charge is 2.21. The van der Waals surface area contributed by atoms with Crippen LogP contribution < -0.4 is 11.1 Å². The summed E-state index contributed by atoms with van der Waals surface area (Å²) in [6, 6.07) is 10.0. The number of esters is 1. The molecule has 0 bridgehead atoms. The number of nitrogen functional groups attached to an aromatic ring is 1. The van der Waals surface area contributed by atoms with Crippen molar-refractivity contribution in [3.63, 3.8) is 0 Å². The molecule has 1 atom stereocenters. The molecule has 0 heterocycles. The van der Waals surface area contributed by atoms with Crippen LogP contribution >= 0.6 is 11.6 Å². The molecule has 10 heteroatoms. The maximum Gasteiger partial charge on any atom is 0.338 e. The van der Waals surface area contributed by atoms with Crippen molar-refractivity contribution in [1.29, 1.82) is 0 Å². The smallest absolute Gasteiger partial charge is 0.338 e. The number of nitrogens with two attached hydrogens (primary N) is 1. The molecular formula is C18H20ClN3O5S. The summed E-state index contributed by atoms with van der Waals surface area (Å²) in [5.41, 5.74) is 6.27. The van der Waals surface area contributed by atoms with Crippen molar-refractivity contribution in [1.82, 2.24) is 4.31 Å². The molecule has 8 nitrogen and oxygen atoms in total. The van der Waals surface area contributed by atoms with Crippen molar-refractivity contribution in [3.05, 3.63) is 53.1 Å². The van der Waals surface area contributed by atoms with Gasteiger partial charge >= 0.3 is 5.97 Å². The van der Waals surface area contributed by atoms with Crippen LogP contribution in [0.2, 0.25) is 5.02 Å². The monoisotopic (exact) mass is 425 g/mol. The van der Waals surface area contributed by atoms with Gasteiger partial charge in [0.15, 0.2) is 6.10 Å². The van der Waals surface area contributed by atoms with Crippen molar-refractivity contribution < 1.29 is 22.7 Å². The first-order valence-corrected chi connectivity index (χ1v) is 9.93. The van der Waals surface area contributed by atoms with E-state index in [1.54, 1.807) is 0 Å². The highest BCUT2D eigenvalue weighted by atomic mass is 35.5. The summed E-state index contributed by atoms with van der Waals surface area (Å²) in [5, 5.41) is 2.83. The molecule has 0 aliphatic rings. The third kappa shape index (κ3) is 5.00. The van der Waals surface area contributed by atoms with E-state index >= 15 is 0 Å². The molecule has 150 valence electrons. The zero-order chi connectivity index (χ0) is 21.1. The minimum absolute atomic E-state index is 0.0246. The van der Waals surface area contributed by atoms with Gasteiger partial charge in [-0.25, -0.2) is 17.5 Å². The minimum atomic E-state index is -3.64. The average Bonchev–Trinajstić information content (AvgIpc) is 2.63. The van der Waals surface area contributed by atoms with Crippen molar-refractivity contribution in [3.8, 4) is 0 Å². The molecule has 0 unspecified atom stereocenters. The maximum atomic E-state index is 12.3. The van der Waals surface area contributed by atoms with Crippen molar-refractivity contribution >= 4 is 44.9 Å². The number of hydrogen-bond acceptors (Lipinski definition) is 6. The number of carbonyl (C=O) groups excluding carboxylic acids is 2. The van der Waals surface area contributed by atoms with E-state index in [-0.39, 0.29) is 21.8 Å². The maximum absolute atomic E-state index is 12.3. The number of rotatable bonds is 6. The topological polar surface area (TPSA) is 119 Å². The Balaban J connectivity index is 2.08. The number of carbonyl (C=O) groups is 2. The molecule has 0 radical (unpaired) electrons. The molecular weight excluding hydrogens is 406 g/mol. The van der Waals surface area contributed by atoms with Crippen LogP contribution in [0.5, 0.6) is 0 Å². The van der Waals surface area contributed by atoms with E-state index in [2.05, 4.69) is 5.32 Å². The number of ether oxygens (including phenoxy) is 1. The Morgan fingerprint density at radius 3 is 2.46 bits per heavy atom. The van der Waals surface area contributed by atoms with Crippen molar-refractivity contribution in [2.24, 2.45) is 0 Å². The number of hydrogen-bond donors (Lipinski definition) is 2. The first-order chi connectivity index (χ1) is 13.0. The number of amides is 1. The van der Waals surface area contributed by atoms with Gasteiger partial charge in [0.05, 0.1) is 21.2 Å². The normalized spacial score (nSPS) is 12.5. The number of sulfonamides is 1. The predicted octanol–water partition coefficient (Wildman–Crippen LogP) is 2.36. The van der Waals surface area contributed by atoms with E-state index in [1.165, 1.54) is 63.5 Å². The van der Waals surface area contributed by atoms with E-state index in [0.29, 0.717) is 5.02 Å². The highest BCUT2D eigenvalue weighted by molar-refractivity contribution is 7.89. The Morgan fingerprint density at radius 1 is 1.18 bits per heavy atom. The fourth-order valence-corrected chi connectivity index (χ4v) is 3.21. The van der Waals surface area contributed by atoms with Crippen LogP contribution in [-0.4, -0.2) is 44.8 Å². The Kier molecular flexibility index (Phi) is 6.65. The lowest BCUT2D eigenvalue weighted by atomic mass is 10.2. The standard InChI is InChI=1S/C18H20ClN3O5S/c1-11(27-18(24)12-7-8-15(19)16(20)9-12)17(23)21-13-5-4-6-14(10-13)28(25,26)22(2)3/h4-11H,20H2,1-3H3,(H,21,23)/t11-/m0/s1. The van der Waals surface area contributed by atoms with E-state index in [9.17, 15) is 18.0 Å². The fraction of sp³-hybridized carbons (Fsp3) is 0.222. The molecule has 0 aromatic heterocycles. The second-order valence-electron chi connectivity index (χ2n) is 6.09. The van der Waals surface area contributed by atoms with Gasteiger partial charge < -0.3 is 15.8 Å². The molecule has 2 aromatic rings. The highest BCUT2D eigenvalue weighted by Crippen LogP contribution is 2.21. The van der Waals surface area contributed by atoms with Crippen LogP contribution in [0.15, 0.2) is 47.4 Å². The zero-order valence-electron chi connectivity index (χ0n) is 15.5. The van der Waals surface area contributed by atoms with Crippen LogP contribution in [0.25, 0.3) is 0 Å². The van der Waals surface area contributed by atoms with E-state index < -0.39 is 28.0 Å². The third-order valence-corrected chi connectivity index (χ3v) is 5.92. The first kappa shape index (κ1) is 21.7. The van der Waals surface area contributed by atoms with Gasteiger partial charge in [0.1, 0.15) is 0 Å². The van der Waals surface area contributed by atoms with Gasteiger partial charge in [-0.05, 0) is 43.3 Å². The van der Waals surface area contributed by atoms with E-state index in [1.807, 2.05) is 0 Å². The van der Waals surface area contributed by atoms with Crippen LogP contribution in [0.4, 0.5) is 11.4 Å². The molecule has 2 rings (SSSR count). The molecule has 0 aliphatic carbocycles. The fourth-order valence-electron chi connectivity index (χ4n) is 2.14. The van der Waals surface area contributed by atoms with Crippen molar-refractivity contribution in [2.75, 3.05) is 25.1 Å². The lowest BCUT2D eigenvalue weighted by Crippen LogP contribution is -2.30. The summed E-state index contributed by atoms with van der Waals surface area (Å²) >= 11 is 5.81. The van der Waals surface area contributed by atoms with Gasteiger partial charge in [0, 0.05) is 19.8 Å². The van der Waals surface area contributed by atoms with Gasteiger partial charge in [0.2, 0.25) is 10.0 Å². The zero-order valence-corrected chi connectivity index (χ0v) is 17.0. The van der Waals surface area contributed by atoms with Gasteiger partial charge in [-0.3, -0.25) is 4.79 Å². The average molecular weight is 426 g/mol. The quantitative estimate of drug-likeness (QED) is 0.541. The van der Waals surface area contributed by atoms with Gasteiger partial charge in [-0.2, -0.15) is 0 Å². The van der Waals surface area contributed by atoms with Gasteiger partial charge in [0.25, 0.3) is 5.91 Å². The minimum Gasteiger partial charge on any atom is -0.449 e.